The first-order valence-electron chi connectivity index (χ1n) is 8.52. The second-order valence-corrected chi connectivity index (χ2v) is 6.41. The molecule has 0 saturated carbocycles. The molecule has 8 heteroatoms. The second kappa shape index (κ2) is 9.75. The molecule has 7 nitrogen and oxygen atoms in total. The molecule has 2 unspecified atom stereocenters. The van der Waals surface area contributed by atoms with Crippen LogP contribution in [-0.2, 0) is 14.3 Å². The predicted molar refractivity (Wildman–Crippen MR) is 106 cm³/mol. The topological polar surface area (TPSA) is 93.7 Å². The van der Waals surface area contributed by atoms with Crippen LogP contribution in [0.3, 0.4) is 0 Å². The monoisotopic (exact) mass is 404 g/mol. The molecule has 0 radical (unpaired) electrons. The van der Waals surface area contributed by atoms with Crippen molar-refractivity contribution in [2.75, 3.05) is 12.4 Å². The van der Waals surface area contributed by atoms with Gasteiger partial charge in [0.15, 0.2) is 6.10 Å². The third-order valence-corrected chi connectivity index (χ3v) is 4.05. The quantitative estimate of drug-likeness (QED) is 0.692. The highest BCUT2D eigenvalue weighted by Crippen LogP contribution is 2.27. The molecular weight excluding hydrogens is 384 g/mol. The fraction of sp³-hybridized carbons (Fsp3) is 0.250. The molecular formula is C20H21ClN2O5. The highest BCUT2D eigenvalue weighted by Gasteiger charge is 2.24. The number of carbonyl (C=O) groups excluding carboxylic acids is 3. The van der Waals surface area contributed by atoms with Crippen LogP contribution in [0, 0.1) is 0 Å². The molecule has 2 N–H and O–H groups in total. The first kappa shape index (κ1) is 21.2. The molecule has 0 bridgehead atoms. The van der Waals surface area contributed by atoms with Crippen molar-refractivity contribution in [3.8, 4) is 5.75 Å². The molecule has 0 spiro atoms. The zero-order chi connectivity index (χ0) is 20.7. The van der Waals surface area contributed by atoms with Crippen LogP contribution >= 0.6 is 11.6 Å². The molecule has 2 atom stereocenters. The summed E-state index contributed by atoms with van der Waals surface area (Å²) in [6.07, 6.45) is -1.09. The number of methoxy groups -OCH3 is 1. The number of esters is 1. The minimum Gasteiger partial charge on any atom is -0.495 e. The van der Waals surface area contributed by atoms with E-state index in [-0.39, 0.29) is 0 Å². The predicted octanol–water partition coefficient (Wildman–Crippen LogP) is 3.04. The average Bonchev–Trinajstić information content (AvgIpc) is 2.68. The minimum absolute atomic E-state index is 0.355. The molecule has 28 heavy (non-hydrogen) atoms. The standard InChI is InChI=1S/C20H21ClN2O5/c1-12(22-19(25)14-7-5-4-6-8-14)20(26)28-13(2)18(24)23-16-11-15(21)9-10-17(16)27-3/h4-13H,1-3H3,(H,22,25)(H,23,24). The summed E-state index contributed by atoms with van der Waals surface area (Å²) in [5.41, 5.74) is 0.773. The Bertz CT molecular complexity index is 857. The van der Waals surface area contributed by atoms with Crippen LogP contribution in [0.25, 0.3) is 0 Å². The van der Waals surface area contributed by atoms with E-state index in [1.807, 2.05) is 0 Å². The Kier molecular flexibility index (Phi) is 7.40. The van der Waals surface area contributed by atoms with E-state index in [2.05, 4.69) is 10.6 Å². The van der Waals surface area contributed by atoms with Crippen molar-refractivity contribution in [3.63, 3.8) is 0 Å². The molecule has 0 aliphatic carbocycles. The maximum atomic E-state index is 12.3. The second-order valence-electron chi connectivity index (χ2n) is 5.97. The van der Waals surface area contributed by atoms with Gasteiger partial charge < -0.3 is 20.1 Å². The number of hydrogen-bond donors (Lipinski definition) is 2. The Morgan fingerprint density at radius 2 is 1.71 bits per heavy atom. The van der Waals surface area contributed by atoms with Crippen LogP contribution < -0.4 is 15.4 Å². The summed E-state index contributed by atoms with van der Waals surface area (Å²) in [6, 6.07) is 12.3. The summed E-state index contributed by atoms with van der Waals surface area (Å²) in [5, 5.41) is 5.55. The Labute approximate surface area is 168 Å². The van der Waals surface area contributed by atoms with Crippen molar-refractivity contribution in [3.05, 3.63) is 59.1 Å². The van der Waals surface area contributed by atoms with Crippen LogP contribution in [0.5, 0.6) is 5.75 Å². The van der Waals surface area contributed by atoms with E-state index in [4.69, 9.17) is 21.1 Å². The number of halogens is 1. The number of ether oxygens (including phenoxy) is 2. The van der Waals surface area contributed by atoms with E-state index in [0.717, 1.165) is 0 Å². The number of hydrogen-bond acceptors (Lipinski definition) is 5. The molecule has 148 valence electrons. The normalized spacial score (nSPS) is 12.4. The molecule has 0 saturated heterocycles. The lowest BCUT2D eigenvalue weighted by atomic mass is 10.2. The Hall–Kier alpha value is -3.06. The lowest BCUT2D eigenvalue weighted by Crippen LogP contribution is -2.42. The van der Waals surface area contributed by atoms with Crippen LogP contribution in [0.15, 0.2) is 48.5 Å². The van der Waals surface area contributed by atoms with Gasteiger partial charge in [-0.1, -0.05) is 29.8 Å². The van der Waals surface area contributed by atoms with E-state index in [0.29, 0.717) is 22.0 Å². The summed E-state index contributed by atoms with van der Waals surface area (Å²) >= 11 is 5.93. The van der Waals surface area contributed by atoms with Gasteiger partial charge in [-0.05, 0) is 44.2 Å². The fourth-order valence-electron chi connectivity index (χ4n) is 2.27. The molecule has 0 heterocycles. The van der Waals surface area contributed by atoms with E-state index < -0.39 is 29.9 Å². The van der Waals surface area contributed by atoms with Gasteiger partial charge in [-0.15, -0.1) is 0 Å². The number of nitrogens with one attached hydrogen (secondary N) is 2. The Morgan fingerprint density at radius 1 is 1.04 bits per heavy atom. The highest BCUT2D eigenvalue weighted by atomic mass is 35.5. The number of amides is 2. The zero-order valence-corrected chi connectivity index (χ0v) is 16.4. The van der Waals surface area contributed by atoms with Gasteiger partial charge in [0.05, 0.1) is 12.8 Å². The van der Waals surface area contributed by atoms with Crippen molar-refractivity contribution in [2.24, 2.45) is 0 Å². The minimum atomic E-state index is -1.09. The van der Waals surface area contributed by atoms with Crippen LogP contribution in [0.2, 0.25) is 5.02 Å². The molecule has 0 aliphatic heterocycles. The van der Waals surface area contributed by atoms with Crippen molar-refractivity contribution < 1.29 is 23.9 Å². The summed E-state index contributed by atoms with van der Waals surface area (Å²) in [4.78, 5) is 36.6. The van der Waals surface area contributed by atoms with Crippen molar-refractivity contribution in [1.29, 1.82) is 0 Å². The van der Waals surface area contributed by atoms with E-state index in [9.17, 15) is 14.4 Å². The molecule has 0 aromatic heterocycles. The average molecular weight is 405 g/mol. The van der Waals surface area contributed by atoms with Gasteiger partial charge in [-0.2, -0.15) is 0 Å². The van der Waals surface area contributed by atoms with Crippen molar-refractivity contribution >= 4 is 35.1 Å². The van der Waals surface area contributed by atoms with Crippen molar-refractivity contribution in [2.45, 2.75) is 26.0 Å². The third-order valence-electron chi connectivity index (χ3n) is 3.82. The summed E-state index contributed by atoms with van der Waals surface area (Å²) in [7, 11) is 1.46. The van der Waals surface area contributed by atoms with Crippen LogP contribution in [0.1, 0.15) is 24.2 Å². The molecule has 0 fully saturated rings. The molecule has 2 amide bonds. The highest BCUT2D eigenvalue weighted by molar-refractivity contribution is 6.31. The summed E-state index contributed by atoms with van der Waals surface area (Å²) < 4.78 is 10.3. The molecule has 2 rings (SSSR count). The number of anilines is 1. The fourth-order valence-corrected chi connectivity index (χ4v) is 2.44. The van der Waals surface area contributed by atoms with Gasteiger partial charge in [0, 0.05) is 10.6 Å². The molecule has 2 aromatic carbocycles. The first-order valence-corrected chi connectivity index (χ1v) is 8.90. The van der Waals surface area contributed by atoms with Gasteiger partial charge in [0.1, 0.15) is 11.8 Å². The van der Waals surface area contributed by atoms with Gasteiger partial charge in [0.25, 0.3) is 11.8 Å². The Balaban J connectivity index is 1.93. The maximum absolute atomic E-state index is 12.3. The van der Waals surface area contributed by atoms with Gasteiger partial charge in [-0.25, -0.2) is 4.79 Å². The van der Waals surface area contributed by atoms with Gasteiger partial charge in [-0.3, -0.25) is 9.59 Å². The molecule has 2 aromatic rings. The summed E-state index contributed by atoms with van der Waals surface area (Å²) in [5.74, 6) is -1.29. The van der Waals surface area contributed by atoms with Crippen LogP contribution in [-0.4, -0.2) is 37.0 Å². The number of rotatable bonds is 7. The first-order chi connectivity index (χ1) is 13.3. The lowest BCUT2D eigenvalue weighted by Gasteiger charge is -2.18. The number of benzene rings is 2. The Morgan fingerprint density at radius 3 is 2.36 bits per heavy atom. The maximum Gasteiger partial charge on any atom is 0.329 e. The SMILES string of the molecule is COc1ccc(Cl)cc1NC(=O)C(C)OC(=O)C(C)NC(=O)c1ccccc1. The third kappa shape index (κ3) is 5.72. The van der Waals surface area contributed by atoms with Gasteiger partial charge >= 0.3 is 5.97 Å². The number of carbonyl (C=O) groups is 3. The van der Waals surface area contributed by atoms with Crippen molar-refractivity contribution in [1.82, 2.24) is 5.32 Å². The van der Waals surface area contributed by atoms with Gasteiger partial charge in [0.2, 0.25) is 0 Å². The largest absolute Gasteiger partial charge is 0.495 e. The zero-order valence-electron chi connectivity index (χ0n) is 15.7. The van der Waals surface area contributed by atoms with Crippen LogP contribution in [0.4, 0.5) is 5.69 Å². The van der Waals surface area contributed by atoms with E-state index in [1.165, 1.54) is 27.0 Å². The van der Waals surface area contributed by atoms with E-state index in [1.54, 1.807) is 42.5 Å². The van der Waals surface area contributed by atoms with E-state index >= 15 is 0 Å². The molecule has 0 aliphatic rings. The summed E-state index contributed by atoms with van der Waals surface area (Å²) in [6.45, 7) is 2.91. The smallest absolute Gasteiger partial charge is 0.329 e. The lowest BCUT2D eigenvalue weighted by molar-refractivity contribution is -0.154.